The van der Waals surface area contributed by atoms with Gasteiger partial charge in [0.1, 0.15) is 5.76 Å². The van der Waals surface area contributed by atoms with E-state index in [2.05, 4.69) is 61.4 Å². The summed E-state index contributed by atoms with van der Waals surface area (Å²) in [7, 11) is 0. The van der Waals surface area contributed by atoms with E-state index in [0.29, 0.717) is 63.4 Å². The lowest BCUT2D eigenvalue weighted by molar-refractivity contribution is -0.134. The van der Waals surface area contributed by atoms with E-state index in [1.165, 1.54) is 12.2 Å². The minimum atomic E-state index is -0.191. The SMILES string of the molecule is C=CC(=O)N1CC(CC(=O)Cn2cc(-c3cccnc3OC(C)C)c3cc(Br)ccc32)C1.C=CC(=O)N1CC(CC(=O)Cn2cc(C(=O)NCCc3ccco3)c3cc(Br)ccc32)C1. The Morgan fingerprint density at radius 2 is 1.38 bits per heavy atom. The molecule has 0 radical (unpaired) electrons. The highest BCUT2D eigenvalue weighted by molar-refractivity contribution is 9.10. The summed E-state index contributed by atoms with van der Waals surface area (Å²) in [5.41, 5.74) is 4.21. The van der Waals surface area contributed by atoms with Gasteiger partial charge in [0, 0.05) is 124 Å². The Bertz CT molecular complexity index is 2710. The number of hydrogen-bond acceptors (Lipinski definition) is 8. The van der Waals surface area contributed by atoms with Gasteiger partial charge in [0.05, 0.1) is 31.0 Å². The molecule has 0 aliphatic carbocycles. The Labute approximate surface area is 388 Å². The van der Waals surface area contributed by atoms with Crippen molar-refractivity contribution in [2.24, 2.45) is 11.8 Å². The van der Waals surface area contributed by atoms with Crippen molar-refractivity contribution >= 4 is 83.0 Å². The Balaban J connectivity index is 0.000000191. The molecule has 0 unspecified atom stereocenters. The number of aromatic nitrogens is 3. The predicted molar refractivity (Wildman–Crippen MR) is 253 cm³/mol. The van der Waals surface area contributed by atoms with Gasteiger partial charge in [0.2, 0.25) is 17.7 Å². The van der Waals surface area contributed by atoms with Crippen LogP contribution in [0.15, 0.2) is 124 Å². The Morgan fingerprint density at radius 1 is 0.797 bits per heavy atom. The van der Waals surface area contributed by atoms with Crippen molar-refractivity contribution in [1.82, 2.24) is 29.2 Å². The largest absolute Gasteiger partial charge is 0.475 e. The van der Waals surface area contributed by atoms with E-state index in [4.69, 9.17) is 9.15 Å². The van der Waals surface area contributed by atoms with Crippen LogP contribution in [-0.4, -0.2) is 92.0 Å². The molecule has 6 heterocycles. The molecule has 2 saturated heterocycles. The Morgan fingerprint density at radius 3 is 1.94 bits per heavy atom. The molecule has 2 aliphatic heterocycles. The molecule has 1 N–H and O–H groups in total. The van der Waals surface area contributed by atoms with Gasteiger partial charge in [-0.15, -0.1) is 0 Å². The number of carbonyl (C=O) groups excluding carboxylic acids is 5. The number of likely N-dealkylation sites (tertiary alicyclic amines) is 2. The van der Waals surface area contributed by atoms with Crippen LogP contribution in [0.25, 0.3) is 32.9 Å². The number of pyridine rings is 1. The molecule has 8 rings (SSSR count). The molecule has 2 aliphatic rings. The van der Waals surface area contributed by atoms with Crippen molar-refractivity contribution < 1.29 is 33.1 Å². The minimum absolute atomic E-state index is 0.000303. The molecule has 0 saturated carbocycles. The average molecular weight is 995 g/mol. The van der Waals surface area contributed by atoms with Crippen molar-refractivity contribution in [2.75, 3.05) is 32.7 Å². The number of carbonyl (C=O) groups is 5. The summed E-state index contributed by atoms with van der Waals surface area (Å²) in [4.78, 5) is 69.4. The third kappa shape index (κ3) is 11.0. The van der Waals surface area contributed by atoms with Crippen molar-refractivity contribution in [3.8, 4) is 17.0 Å². The Hall–Kier alpha value is -6.06. The van der Waals surface area contributed by atoms with Gasteiger partial charge in [-0.3, -0.25) is 24.0 Å². The standard InChI is InChI=1S/C25H26BrN3O3.C24H24BrN3O4/c1-4-24(31)29-12-17(13-29)10-19(30)14-28-15-22(21-11-18(26)7-8-23(21)28)20-6-5-9-27-25(20)32-16(2)3;1-2-23(30)28-12-16(13-28)10-18(29)14-27-15-21(20-11-17(25)5-6-22(20)27)24(31)26-8-7-19-4-3-9-32-19/h4-9,11,15-17H,1,10,12-14H2,2-3H3;2-6,9,11,15-16H,1,7-8,10,12-14H2,(H,26,31). The van der Waals surface area contributed by atoms with E-state index in [1.54, 1.807) is 28.5 Å². The first kappa shape index (κ1) is 45.9. The van der Waals surface area contributed by atoms with Crippen LogP contribution in [0.4, 0.5) is 0 Å². The number of ether oxygens (including phenoxy) is 1. The summed E-state index contributed by atoms with van der Waals surface area (Å²) in [6, 6.07) is 19.3. The highest BCUT2D eigenvalue weighted by Gasteiger charge is 2.32. The van der Waals surface area contributed by atoms with Crippen molar-refractivity contribution in [3.05, 3.63) is 131 Å². The highest BCUT2D eigenvalue weighted by atomic mass is 79.9. The van der Waals surface area contributed by atoms with Crippen LogP contribution in [0.1, 0.15) is 42.8 Å². The van der Waals surface area contributed by atoms with Gasteiger partial charge in [0.15, 0.2) is 11.6 Å². The summed E-state index contributed by atoms with van der Waals surface area (Å²) >= 11 is 7.04. The van der Waals surface area contributed by atoms with E-state index in [0.717, 1.165) is 47.6 Å². The zero-order valence-electron chi connectivity index (χ0n) is 35.8. The molecule has 3 amide bonds. The second-order valence-corrected chi connectivity index (χ2v) is 18.2. The first-order chi connectivity index (χ1) is 30.8. The predicted octanol–water partition coefficient (Wildman–Crippen LogP) is 8.43. The third-order valence-corrected chi connectivity index (χ3v) is 12.2. The van der Waals surface area contributed by atoms with Crippen LogP contribution in [0, 0.1) is 11.8 Å². The van der Waals surface area contributed by atoms with Gasteiger partial charge in [-0.25, -0.2) is 4.98 Å². The molecule has 332 valence electrons. The van der Waals surface area contributed by atoms with Crippen molar-refractivity contribution in [1.29, 1.82) is 0 Å². The zero-order valence-corrected chi connectivity index (χ0v) is 39.0. The summed E-state index contributed by atoms with van der Waals surface area (Å²) < 4.78 is 16.9. The number of furan rings is 1. The molecular formula is C49H50Br2N6O7. The smallest absolute Gasteiger partial charge is 0.253 e. The first-order valence-corrected chi connectivity index (χ1v) is 22.7. The average Bonchev–Trinajstić information content (AvgIpc) is 3.98. The van der Waals surface area contributed by atoms with Gasteiger partial charge in [-0.2, -0.15) is 0 Å². The quantitative estimate of drug-likeness (QED) is 0.0896. The second-order valence-electron chi connectivity index (χ2n) is 16.4. The number of benzene rings is 2. The summed E-state index contributed by atoms with van der Waals surface area (Å²) in [5, 5.41) is 4.74. The van der Waals surface area contributed by atoms with Gasteiger partial charge in [-0.05, 0) is 86.7 Å². The first-order valence-electron chi connectivity index (χ1n) is 21.2. The summed E-state index contributed by atoms with van der Waals surface area (Å²) in [5.74, 6) is 1.64. The van der Waals surface area contributed by atoms with Gasteiger partial charge >= 0.3 is 0 Å². The van der Waals surface area contributed by atoms with Crippen LogP contribution >= 0.6 is 31.9 Å². The molecule has 2 aromatic carbocycles. The second kappa shape index (κ2) is 20.6. The minimum Gasteiger partial charge on any atom is -0.475 e. The molecule has 0 atom stereocenters. The van der Waals surface area contributed by atoms with Crippen LogP contribution < -0.4 is 10.1 Å². The lowest BCUT2D eigenvalue weighted by Crippen LogP contribution is -2.50. The van der Waals surface area contributed by atoms with Gasteiger partial charge in [-0.1, -0.05) is 45.0 Å². The molecule has 13 nitrogen and oxygen atoms in total. The molecule has 15 heteroatoms. The number of nitrogens with one attached hydrogen (secondary N) is 1. The number of hydrogen-bond donors (Lipinski definition) is 1. The summed E-state index contributed by atoms with van der Waals surface area (Å²) in [6.07, 6.45) is 11.2. The molecular weight excluding hydrogens is 944 g/mol. The number of Topliss-reactive ketones (excluding diaryl/α,β-unsaturated/α-hetero) is 2. The topological polar surface area (TPSA) is 149 Å². The molecule has 0 bridgehead atoms. The van der Waals surface area contributed by atoms with E-state index in [9.17, 15) is 24.0 Å². The molecule has 6 aromatic rings. The van der Waals surface area contributed by atoms with Crippen LogP contribution in [0.5, 0.6) is 5.88 Å². The summed E-state index contributed by atoms with van der Waals surface area (Å²) in [6.45, 7) is 14.3. The van der Waals surface area contributed by atoms with Crippen molar-refractivity contribution in [3.63, 3.8) is 0 Å². The van der Waals surface area contributed by atoms with E-state index in [-0.39, 0.29) is 60.3 Å². The van der Waals surface area contributed by atoms with Crippen molar-refractivity contribution in [2.45, 2.75) is 52.3 Å². The molecule has 2 fully saturated rings. The monoisotopic (exact) mass is 992 g/mol. The fourth-order valence-electron chi connectivity index (χ4n) is 8.13. The lowest BCUT2D eigenvalue weighted by Gasteiger charge is -2.38. The number of nitrogens with zero attached hydrogens (tertiary/aromatic N) is 5. The van der Waals surface area contributed by atoms with Crippen LogP contribution in [0.2, 0.25) is 0 Å². The Kier molecular flexibility index (Phi) is 14.8. The lowest BCUT2D eigenvalue weighted by atomic mass is 9.94. The molecule has 4 aromatic heterocycles. The number of amides is 3. The van der Waals surface area contributed by atoms with E-state index < -0.39 is 0 Å². The van der Waals surface area contributed by atoms with Crippen LogP contribution in [-0.2, 0) is 38.7 Å². The fourth-order valence-corrected chi connectivity index (χ4v) is 8.85. The van der Waals surface area contributed by atoms with Gasteiger partial charge < -0.3 is 33.4 Å². The van der Waals surface area contributed by atoms with E-state index in [1.807, 2.05) is 83.8 Å². The maximum absolute atomic E-state index is 12.9. The molecule has 64 heavy (non-hydrogen) atoms. The number of ketones is 2. The number of fused-ring (bicyclic) bond motifs is 2. The number of halogens is 2. The van der Waals surface area contributed by atoms with Crippen LogP contribution in [0.3, 0.4) is 0 Å². The normalized spacial score (nSPS) is 13.8. The molecule has 0 spiro atoms. The van der Waals surface area contributed by atoms with Gasteiger partial charge in [0.25, 0.3) is 5.91 Å². The number of rotatable bonds is 17. The maximum Gasteiger partial charge on any atom is 0.253 e. The zero-order chi connectivity index (χ0) is 45.5. The highest BCUT2D eigenvalue weighted by Crippen LogP contribution is 2.37. The maximum atomic E-state index is 12.9. The van der Waals surface area contributed by atoms with E-state index >= 15 is 0 Å². The third-order valence-electron chi connectivity index (χ3n) is 11.2. The fraction of sp³-hybridized carbons (Fsp3) is 0.306.